The van der Waals surface area contributed by atoms with Crippen molar-refractivity contribution in [2.45, 2.75) is 25.0 Å². The zero-order chi connectivity index (χ0) is 25.9. The quantitative estimate of drug-likeness (QED) is 0.396. The number of methoxy groups -OCH3 is 1. The normalized spacial score (nSPS) is 17.4. The van der Waals surface area contributed by atoms with Crippen molar-refractivity contribution in [3.63, 3.8) is 0 Å². The third-order valence-corrected chi connectivity index (χ3v) is 7.93. The van der Waals surface area contributed by atoms with Crippen LogP contribution in [-0.4, -0.2) is 72.4 Å². The van der Waals surface area contributed by atoms with Crippen molar-refractivity contribution in [2.75, 3.05) is 46.4 Å². The van der Waals surface area contributed by atoms with Gasteiger partial charge in [0.05, 0.1) is 24.9 Å². The Bertz CT molecular complexity index is 1350. The predicted molar refractivity (Wildman–Crippen MR) is 150 cm³/mol. The number of piperazine rings is 1. The molecule has 2 heterocycles. The fourth-order valence-corrected chi connectivity index (χ4v) is 5.97. The van der Waals surface area contributed by atoms with Crippen LogP contribution in [-0.2, 0) is 12.8 Å². The first-order valence-electron chi connectivity index (χ1n) is 13.6. The van der Waals surface area contributed by atoms with E-state index in [0.29, 0.717) is 18.0 Å². The standard InChI is InChI=1S/C32H35N3O3/c1-37-26-19-29-30(33-20-26)11-6-12-31(29)38-22-25(36)21-34-15-17-35(18-16-34)32-27-9-4-2-7-23(27)13-14-24-8-3-5-10-28(24)32/h2-12,19-20,25,32,36H,13-18,21-22H2,1H3. The van der Waals surface area contributed by atoms with Crippen LogP contribution in [0.3, 0.4) is 0 Å². The van der Waals surface area contributed by atoms with E-state index in [9.17, 15) is 5.11 Å². The van der Waals surface area contributed by atoms with Crippen LogP contribution in [0, 0.1) is 0 Å². The van der Waals surface area contributed by atoms with E-state index in [1.165, 1.54) is 22.3 Å². The molecule has 6 nitrogen and oxygen atoms in total. The molecule has 1 aromatic heterocycles. The summed E-state index contributed by atoms with van der Waals surface area (Å²) in [5.41, 5.74) is 6.66. The molecule has 1 N–H and O–H groups in total. The number of ether oxygens (including phenoxy) is 2. The molecule has 38 heavy (non-hydrogen) atoms. The van der Waals surface area contributed by atoms with Crippen LogP contribution in [0.4, 0.5) is 0 Å². The number of fused-ring (bicyclic) bond motifs is 3. The Morgan fingerprint density at radius 1 is 0.895 bits per heavy atom. The largest absolute Gasteiger partial charge is 0.495 e. The summed E-state index contributed by atoms with van der Waals surface area (Å²) in [7, 11) is 1.63. The molecule has 1 aliphatic carbocycles. The van der Waals surface area contributed by atoms with Gasteiger partial charge < -0.3 is 14.6 Å². The summed E-state index contributed by atoms with van der Waals surface area (Å²) in [6.07, 6.45) is 3.31. The molecule has 1 atom stereocenters. The number of nitrogens with zero attached hydrogens (tertiary/aromatic N) is 3. The second kappa shape index (κ2) is 11.1. The summed E-state index contributed by atoms with van der Waals surface area (Å²) in [6.45, 7) is 4.61. The van der Waals surface area contributed by atoms with Gasteiger partial charge in [-0.3, -0.25) is 14.8 Å². The minimum Gasteiger partial charge on any atom is -0.495 e. The summed E-state index contributed by atoms with van der Waals surface area (Å²) in [5, 5.41) is 11.7. The Labute approximate surface area is 224 Å². The summed E-state index contributed by atoms with van der Waals surface area (Å²) >= 11 is 0. The molecular formula is C32H35N3O3. The lowest BCUT2D eigenvalue weighted by atomic mass is 9.92. The van der Waals surface area contributed by atoms with E-state index in [2.05, 4.69) is 63.3 Å². The van der Waals surface area contributed by atoms with Gasteiger partial charge in [-0.05, 0) is 53.3 Å². The van der Waals surface area contributed by atoms with Crippen LogP contribution in [0.5, 0.6) is 11.5 Å². The number of rotatable bonds is 7. The Balaban J connectivity index is 1.09. The van der Waals surface area contributed by atoms with E-state index < -0.39 is 6.10 Å². The van der Waals surface area contributed by atoms with Gasteiger partial charge in [0.1, 0.15) is 24.2 Å². The van der Waals surface area contributed by atoms with E-state index in [1.54, 1.807) is 13.3 Å². The molecule has 0 bridgehead atoms. The molecule has 0 amide bonds. The first-order chi connectivity index (χ1) is 18.7. The monoisotopic (exact) mass is 509 g/mol. The average Bonchev–Trinajstić information content (AvgIpc) is 3.13. The molecule has 1 aliphatic heterocycles. The molecule has 4 aromatic rings. The van der Waals surface area contributed by atoms with Gasteiger partial charge in [-0.15, -0.1) is 0 Å². The maximum atomic E-state index is 10.8. The number of aliphatic hydroxyl groups excluding tert-OH is 1. The van der Waals surface area contributed by atoms with Gasteiger partial charge in [0.25, 0.3) is 0 Å². The molecule has 1 unspecified atom stereocenters. The van der Waals surface area contributed by atoms with Gasteiger partial charge in [0, 0.05) is 38.1 Å². The highest BCUT2D eigenvalue weighted by Gasteiger charge is 2.31. The van der Waals surface area contributed by atoms with E-state index in [1.807, 2.05) is 24.3 Å². The van der Waals surface area contributed by atoms with Crippen molar-refractivity contribution in [3.05, 3.63) is 101 Å². The number of hydrogen-bond donors (Lipinski definition) is 1. The SMILES string of the molecule is COc1cnc2cccc(OCC(O)CN3CCN(C4c5ccccc5CCc5ccccc54)CC3)c2c1. The number of aryl methyl sites for hydroxylation is 2. The lowest BCUT2D eigenvalue weighted by Crippen LogP contribution is -2.50. The van der Waals surface area contributed by atoms with Crippen molar-refractivity contribution in [3.8, 4) is 11.5 Å². The summed E-state index contributed by atoms with van der Waals surface area (Å²) in [6, 6.07) is 25.9. The van der Waals surface area contributed by atoms with Gasteiger partial charge in [-0.1, -0.05) is 54.6 Å². The van der Waals surface area contributed by atoms with E-state index >= 15 is 0 Å². The van der Waals surface area contributed by atoms with Crippen molar-refractivity contribution in [1.82, 2.24) is 14.8 Å². The van der Waals surface area contributed by atoms with Gasteiger partial charge in [0.15, 0.2) is 0 Å². The Morgan fingerprint density at radius 3 is 2.26 bits per heavy atom. The van der Waals surface area contributed by atoms with Crippen molar-refractivity contribution < 1.29 is 14.6 Å². The molecule has 196 valence electrons. The molecular weight excluding hydrogens is 474 g/mol. The molecule has 3 aromatic carbocycles. The van der Waals surface area contributed by atoms with Crippen molar-refractivity contribution >= 4 is 10.9 Å². The first kappa shape index (κ1) is 24.9. The van der Waals surface area contributed by atoms with Gasteiger partial charge in [-0.25, -0.2) is 0 Å². The van der Waals surface area contributed by atoms with E-state index in [0.717, 1.165) is 49.9 Å². The number of aliphatic hydroxyl groups is 1. The molecule has 1 fully saturated rings. The predicted octanol–water partition coefficient (Wildman–Crippen LogP) is 4.49. The molecule has 6 heteroatoms. The summed E-state index contributed by atoms with van der Waals surface area (Å²) in [4.78, 5) is 9.41. The highest BCUT2D eigenvalue weighted by Crippen LogP contribution is 2.37. The maximum absolute atomic E-state index is 10.8. The van der Waals surface area contributed by atoms with Crippen LogP contribution in [0.25, 0.3) is 10.9 Å². The number of pyridine rings is 1. The minimum atomic E-state index is -0.574. The van der Waals surface area contributed by atoms with E-state index in [-0.39, 0.29) is 12.6 Å². The second-order valence-electron chi connectivity index (χ2n) is 10.3. The smallest absolute Gasteiger partial charge is 0.137 e. The van der Waals surface area contributed by atoms with Crippen LogP contribution in [0.1, 0.15) is 28.3 Å². The number of hydrogen-bond acceptors (Lipinski definition) is 6. The second-order valence-corrected chi connectivity index (χ2v) is 10.3. The first-order valence-corrected chi connectivity index (χ1v) is 13.6. The topological polar surface area (TPSA) is 58.1 Å². The van der Waals surface area contributed by atoms with Crippen molar-refractivity contribution in [1.29, 1.82) is 0 Å². The van der Waals surface area contributed by atoms with Gasteiger partial charge >= 0.3 is 0 Å². The van der Waals surface area contributed by atoms with E-state index in [4.69, 9.17) is 9.47 Å². The fraction of sp³-hybridized carbons (Fsp3) is 0.344. The van der Waals surface area contributed by atoms with Crippen molar-refractivity contribution in [2.24, 2.45) is 0 Å². The molecule has 0 radical (unpaired) electrons. The van der Waals surface area contributed by atoms with Crippen LogP contribution in [0.15, 0.2) is 79.0 Å². The van der Waals surface area contributed by atoms with Crippen LogP contribution >= 0.6 is 0 Å². The van der Waals surface area contributed by atoms with Gasteiger partial charge in [-0.2, -0.15) is 0 Å². The van der Waals surface area contributed by atoms with Gasteiger partial charge in [0.2, 0.25) is 0 Å². The number of β-amino-alcohol motifs (C(OH)–C–C–N with tert-alkyl or cyclic N) is 1. The Kier molecular flexibility index (Phi) is 7.27. The third-order valence-electron chi connectivity index (χ3n) is 7.93. The zero-order valence-corrected chi connectivity index (χ0v) is 21.9. The Hall–Kier alpha value is -3.45. The molecule has 0 saturated carbocycles. The molecule has 2 aliphatic rings. The third kappa shape index (κ3) is 5.12. The highest BCUT2D eigenvalue weighted by atomic mass is 16.5. The maximum Gasteiger partial charge on any atom is 0.137 e. The molecule has 0 spiro atoms. The lowest BCUT2D eigenvalue weighted by molar-refractivity contribution is 0.0403. The molecule has 1 saturated heterocycles. The average molecular weight is 510 g/mol. The number of aromatic nitrogens is 1. The minimum absolute atomic E-state index is 0.236. The highest BCUT2D eigenvalue weighted by molar-refractivity contribution is 5.86. The Morgan fingerprint density at radius 2 is 1.58 bits per heavy atom. The summed E-state index contributed by atoms with van der Waals surface area (Å²) < 4.78 is 11.4. The fourth-order valence-electron chi connectivity index (χ4n) is 5.97. The molecule has 6 rings (SSSR count). The lowest BCUT2D eigenvalue weighted by Gasteiger charge is -2.40. The van der Waals surface area contributed by atoms with Crippen LogP contribution in [0.2, 0.25) is 0 Å². The zero-order valence-electron chi connectivity index (χ0n) is 21.9. The van der Waals surface area contributed by atoms with Crippen LogP contribution < -0.4 is 9.47 Å². The summed E-state index contributed by atoms with van der Waals surface area (Å²) in [5.74, 6) is 1.40. The number of benzene rings is 3.